The SMILES string of the molecule is C=C(C)c1ccc(C#N)c2ccccc12. The number of rotatable bonds is 1. The average Bonchev–Trinajstić information content (AvgIpc) is 2.27. The molecule has 0 fully saturated rings. The Kier molecular flexibility index (Phi) is 2.27. The maximum Gasteiger partial charge on any atom is 0.0998 e. The van der Waals surface area contributed by atoms with Crippen LogP contribution in [0.25, 0.3) is 16.3 Å². The van der Waals surface area contributed by atoms with Crippen molar-refractivity contribution in [1.29, 1.82) is 5.26 Å². The van der Waals surface area contributed by atoms with Crippen molar-refractivity contribution < 1.29 is 0 Å². The normalized spacial score (nSPS) is 9.87. The van der Waals surface area contributed by atoms with Gasteiger partial charge in [-0.05, 0) is 23.9 Å². The Morgan fingerprint density at radius 2 is 1.80 bits per heavy atom. The predicted octanol–water partition coefficient (Wildman–Crippen LogP) is 3.74. The summed E-state index contributed by atoms with van der Waals surface area (Å²) in [4.78, 5) is 0. The van der Waals surface area contributed by atoms with Crippen LogP contribution in [0, 0.1) is 11.3 Å². The fourth-order valence-corrected chi connectivity index (χ4v) is 1.77. The van der Waals surface area contributed by atoms with E-state index in [2.05, 4.69) is 12.6 Å². The van der Waals surface area contributed by atoms with Gasteiger partial charge in [-0.2, -0.15) is 5.26 Å². The number of nitrogens with zero attached hydrogens (tertiary/aromatic N) is 1. The monoisotopic (exact) mass is 193 g/mol. The third-order valence-corrected chi connectivity index (χ3v) is 2.50. The summed E-state index contributed by atoms with van der Waals surface area (Å²) in [6.45, 7) is 5.93. The Labute approximate surface area is 89.3 Å². The summed E-state index contributed by atoms with van der Waals surface area (Å²) < 4.78 is 0. The topological polar surface area (TPSA) is 23.8 Å². The Morgan fingerprint density at radius 3 is 2.40 bits per heavy atom. The van der Waals surface area contributed by atoms with Crippen molar-refractivity contribution in [3.63, 3.8) is 0 Å². The molecule has 1 heteroatoms. The smallest absolute Gasteiger partial charge is 0.0998 e. The molecular weight excluding hydrogens is 182 g/mol. The predicted molar refractivity (Wildman–Crippen MR) is 63.4 cm³/mol. The van der Waals surface area contributed by atoms with E-state index in [0.29, 0.717) is 0 Å². The third kappa shape index (κ3) is 1.51. The zero-order valence-corrected chi connectivity index (χ0v) is 8.62. The first-order valence-electron chi connectivity index (χ1n) is 4.82. The number of hydrogen-bond donors (Lipinski definition) is 0. The summed E-state index contributed by atoms with van der Waals surface area (Å²) in [5, 5.41) is 11.1. The van der Waals surface area contributed by atoms with Crippen LogP contribution in [0.15, 0.2) is 43.0 Å². The molecule has 0 saturated carbocycles. The van der Waals surface area contributed by atoms with Crippen LogP contribution in [-0.2, 0) is 0 Å². The van der Waals surface area contributed by atoms with Crippen LogP contribution in [0.5, 0.6) is 0 Å². The molecule has 0 aliphatic rings. The van der Waals surface area contributed by atoms with Gasteiger partial charge in [-0.25, -0.2) is 0 Å². The molecule has 0 spiro atoms. The Morgan fingerprint density at radius 1 is 1.13 bits per heavy atom. The van der Waals surface area contributed by atoms with Gasteiger partial charge in [0.15, 0.2) is 0 Å². The molecule has 0 unspecified atom stereocenters. The molecule has 72 valence electrons. The van der Waals surface area contributed by atoms with Crippen molar-refractivity contribution in [1.82, 2.24) is 0 Å². The highest BCUT2D eigenvalue weighted by atomic mass is 14.2. The lowest BCUT2D eigenvalue weighted by atomic mass is 9.97. The number of hydrogen-bond acceptors (Lipinski definition) is 1. The lowest BCUT2D eigenvalue weighted by Gasteiger charge is -2.06. The second-order valence-corrected chi connectivity index (χ2v) is 3.60. The van der Waals surface area contributed by atoms with Crippen LogP contribution in [-0.4, -0.2) is 0 Å². The van der Waals surface area contributed by atoms with E-state index in [-0.39, 0.29) is 0 Å². The zero-order chi connectivity index (χ0) is 10.8. The Bertz CT molecular complexity index is 573. The molecule has 0 aromatic heterocycles. The molecule has 2 rings (SSSR count). The van der Waals surface area contributed by atoms with Gasteiger partial charge in [-0.15, -0.1) is 0 Å². The lowest BCUT2D eigenvalue weighted by molar-refractivity contribution is 1.50. The first-order valence-corrected chi connectivity index (χ1v) is 4.82. The molecule has 0 heterocycles. The van der Waals surface area contributed by atoms with Crippen molar-refractivity contribution in [2.24, 2.45) is 0 Å². The second kappa shape index (κ2) is 3.59. The van der Waals surface area contributed by atoms with Crippen LogP contribution < -0.4 is 0 Å². The van der Waals surface area contributed by atoms with Crippen LogP contribution in [0.3, 0.4) is 0 Å². The first kappa shape index (κ1) is 9.48. The van der Waals surface area contributed by atoms with Crippen molar-refractivity contribution in [2.75, 3.05) is 0 Å². The summed E-state index contributed by atoms with van der Waals surface area (Å²) in [5.74, 6) is 0. The molecular formula is C14H11N. The van der Waals surface area contributed by atoms with Crippen LogP contribution in [0.4, 0.5) is 0 Å². The van der Waals surface area contributed by atoms with Gasteiger partial charge in [0.25, 0.3) is 0 Å². The van der Waals surface area contributed by atoms with Gasteiger partial charge in [0.2, 0.25) is 0 Å². The van der Waals surface area contributed by atoms with Gasteiger partial charge in [0, 0.05) is 5.39 Å². The van der Waals surface area contributed by atoms with Gasteiger partial charge < -0.3 is 0 Å². The fourth-order valence-electron chi connectivity index (χ4n) is 1.77. The molecule has 0 radical (unpaired) electrons. The largest absolute Gasteiger partial charge is 0.192 e. The van der Waals surface area contributed by atoms with Gasteiger partial charge in [0.1, 0.15) is 0 Å². The van der Waals surface area contributed by atoms with Gasteiger partial charge in [0.05, 0.1) is 11.6 Å². The van der Waals surface area contributed by atoms with Crippen LogP contribution in [0.1, 0.15) is 18.1 Å². The van der Waals surface area contributed by atoms with E-state index in [4.69, 9.17) is 5.26 Å². The molecule has 15 heavy (non-hydrogen) atoms. The number of allylic oxidation sites excluding steroid dienone is 1. The Balaban J connectivity index is 2.91. The minimum absolute atomic E-state index is 0.718. The molecule has 0 aliphatic heterocycles. The van der Waals surface area contributed by atoms with Crippen LogP contribution in [0.2, 0.25) is 0 Å². The first-order chi connectivity index (χ1) is 7.24. The van der Waals surface area contributed by atoms with E-state index >= 15 is 0 Å². The summed E-state index contributed by atoms with van der Waals surface area (Å²) >= 11 is 0. The molecule has 1 nitrogen and oxygen atoms in total. The van der Waals surface area contributed by atoms with E-state index in [9.17, 15) is 0 Å². The highest BCUT2D eigenvalue weighted by molar-refractivity contribution is 5.96. The standard InChI is InChI=1S/C14H11N/c1-10(2)12-8-7-11(9-15)13-5-3-4-6-14(12)13/h3-8H,1H2,2H3. The number of nitriles is 1. The highest BCUT2D eigenvalue weighted by Crippen LogP contribution is 2.26. The van der Waals surface area contributed by atoms with Crippen molar-refractivity contribution in [2.45, 2.75) is 6.92 Å². The van der Waals surface area contributed by atoms with Gasteiger partial charge >= 0.3 is 0 Å². The summed E-state index contributed by atoms with van der Waals surface area (Å²) in [6.07, 6.45) is 0. The third-order valence-electron chi connectivity index (χ3n) is 2.50. The maximum atomic E-state index is 8.99. The zero-order valence-electron chi connectivity index (χ0n) is 8.62. The molecule has 0 saturated heterocycles. The van der Waals surface area contributed by atoms with E-state index in [1.165, 1.54) is 0 Å². The minimum Gasteiger partial charge on any atom is -0.192 e. The highest BCUT2D eigenvalue weighted by Gasteiger charge is 2.04. The molecule has 0 bridgehead atoms. The van der Waals surface area contributed by atoms with E-state index in [0.717, 1.165) is 27.5 Å². The molecule has 0 aliphatic carbocycles. The van der Waals surface area contributed by atoms with Crippen molar-refractivity contribution >= 4 is 16.3 Å². The molecule has 2 aromatic carbocycles. The molecule has 0 amide bonds. The van der Waals surface area contributed by atoms with Gasteiger partial charge in [-0.3, -0.25) is 0 Å². The number of fused-ring (bicyclic) bond motifs is 1. The van der Waals surface area contributed by atoms with Crippen LogP contribution >= 0.6 is 0 Å². The van der Waals surface area contributed by atoms with E-state index in [1.807, 2.05) is 43.3 Å². The molecule has 0 N–H and O–H groups in total. The van der Waals surface area contributed by atoms with E-state index < -0.39 is 0 Å². The maximum absolute atomic E-state index is 8.99. The summed E-state index contributed by atoms with van der Waals surface area (Å²) in [7, 11) is 0. The second-order valence-electron chi connectivity index (χ2n) is 3.60. The van der Waals surface area contributed by atoms with Crippen molar-refractivity contribution in [3.8, 4) is 6.07 Å². The summed E-state index contributed by atoms with van der Waals surface area (Å²) in [5.41, 5.74) is 2.86. The van der Waals surface area contributed by atoms with Crippen molar-refractivity contribution in [3.05, 3.63) is 54.1 Å². The quantitative estimate of drug-likeness (QED) is 0.676. The Hall–Kier alpha value is -2.07. The van der Waals surface area contributed by atoms with Gasteiger partial charge in [-0.1, -0.05) is 42.5 Å². The number of benzene rings is 2. The molecule has 2 aromatic rings. The summed E-state index contributed by atoms with van der Waals surface area (Å²) in [6, 6.07) is 14.0. The van der Waals surface area contributed by atoms with E-state index in [1.54, 1.807) is 0 Å². The lowest BCUT2D eigenvalue weighted by Crippen LogP contribution is -1.85. The minimum atomic E-state index is 0.718. The fraction of sp³-hybridized carbons (Fsp3) is 0.0714. The molecule has 0 atom stereocenters. The average molecular weight is 193 g/mol.